The summed E-state index contributed by atoms with van der Waals surface area (Å²) in [5.74, 6) is 0.917. The van der Waals surface area contributed by atoms with E-state index in [2.05, 4.69) is 219 Å². The molecule has 0 atom stereocenters. The van der Waals surface area contributed by atoms with Crippen molar-refractivity contribution in [2.24, 2.45) is 0 Å². The maximum absolute atomic E-state index is 5.18. The van der Waals surface area contributed by atoms with Crippen LogP contribution >= 0.6 is 0 Å². The number of rotatable bonds is 5. The molecule has 0 N–H and O–H groups in total. The van der Waals surface area contributed by atoms with Crippen LogP contribution in [0, 0.1) is 0 Å². The number of hydrogen-bond acceptors (Lipinski definition) is 1. The van der Waals surface area contributed by atoms with Crippen molar-refractivity contribution in [2.45, 2.75) is 0 Å². The summed E-state index contributed by atoms with van der Waals surface area (Å²) in [6.07, 6.45) is 2.20. The second kappa shape index (κ2) is 11.9. The molecule has 0 saturated carbocycles. The van der Waals surface area contributed by atoms with Gasteiger partial charge >= 0.3 is 0 Å². The van der Waals surface area contributed by atoms with E-state index in [1.165, 1.54) is 54.5 Å². The number of nitrogens with zero attached hydrogens (tertiary/aromatic N) is 5. The van der Waals surface area contributed by atoms with Gasteiger partial charge in [0, 0.05) is 61.4 Å². The molecule has 0 aliphatic heterocycles. The molecule has 12 rings (SSSR count). The van der Waals surface area contributed by atoms with Gasteiger partial charge in [0.1, 0.15) is 5.82 Å². The molecule has 0 unspecified atom stereocenters. The lowest BCUT2D eigenvalue weighted by atomic mass is 10.1. The van der Waals surface area contributed by atoms with E-state index in [0.717, 1.165) is 45.2 Å². The van der Waals surface area contributed by atoms with Crippen LogP contribution < -0.4 is 0 Å². The van der Waals surface area contributed by atoms with E-state index in [-0.39, 0.29) is 0 Å². The van der Waals surface area contributed by atoms with E-state index in [1.807, 2.05) is 0 Å². The Morgan fingerprint density at radius 3 is 1.57 bits per heavy atom. The molecule has 0 amide bonds. The average molecular weight is 716 g/mol. The third kappa shape index (κ3) is 4.39. The van der Waals surface area contributed by atoms with Crippen molar-refractivity contribution >= 4 is 65.5 Å². The Morgan fingerprint density at radius 1 is 0.304 bits per heavy atom. The van der Waals surface area contributed by atoms with Gasteiger partial charge < -0.3 is 13.7 Å². The van der Waals surface area contributed by atoms with Gasteiger partial charge in [0.25, 0.3) is 0 Å². The summed E-state index contributed by atoms with van der Waals surface area (Å²) in [4.78, 5) is 5.18. The molecule has 0 aliphatic rings. The van der Waals surface area contributed by atoms with Crippen molar-refractivity contribution in [3.63, 3.8) is 0 Å². The second-order valence-electron chi connectivity index (χ2n) is 14.4. The molecule has 5 nitrogen and oxygen atoms in total. The van der Waals surface area contributed by atoms with E-state index in [4.69, 9.17) is 4.98 Å². The van der Waals surface area contributed by atoms with Gasteiger partial charge in [-0.05, 0) is 91.0 Å². The first-order chi connectivity index (χ1) is 27.8. The van der Waals surface area contributed by atoms with E-state index >= 15 is 0 Å². The van der Waals surface area contributed by atoms with Crippen molar-refractivity contribution < 1.29 is 0 Å². The van der Waals surface area contributed by atoms with Gasteiger partial charge in [0.2, 0.25) is 0 Å². The van der Waals surface area contributed by atoms with Crippen molar-refractivity contribution in [1.82, 2.24) is 23.3 Å². The quantitative estimate of drug-likeness (QED) is 0.175. The van der Waals surface area contributed by atoms with E-state index in [0.29, 0.717) is 0 Å². The summed E-state index contributed by atoms with van der Waals surface area (Å²) in [7, 11) is 0. The second-order valence-corrected chi connectivity index (χ2v) is 14.4. The molecule has 262 valence electrons. The third-order valence-electron chi connectivity index (χ3n) is 11.4. The Kier molecular flexibility index (Phi) is 6.56. The smallest absolute Gasteiger partial charge is 0.145 e. The van der Waals surface area contributed by atoms with Crippen LogP contribution in [0.15, 0.2) is 200 Å². The Balaban J connectivity index is 1.18. The van der Waals surface area contributed by atoms with Crippen LogP contribution in [0.2, 0.25) is 0 Å². The Morgan fingerprint density at radius 2 is 0.839 bits per heavy atom. The maximum Gasteiger partial charge on any atom is 0.145 e. The zero-order valence-electron chi connectivity index (χ0n) is 30.3. The molecule has 0 radical (unpaired) electrons. The van der Waals surface area contributed by atoms with Crippen LogP contribution in [0.1, 0.15) is 0 Å². The van der Waals surface area contributed by atoms with Crippen molar-refractivity contribution in [3.8, 4) is 34.1 Å². The minimum atomic E-state index is 0.917. The summed E-state index contributed by atoms with van der Waals surface area (Å²) < 4.78 is 9.52. The van der Waals surface area contributed by atoms with E-state index in [9.17, 15) is 0 Å². The van der Waals surface area contributed by atoms with E-state index < -0.39 is 0 Å². The summed E-state index contributed by atoms with van der Waals surface area (Å²) in [6.45, 7) is 0. The van der Waals surface area contributed by atoms with E-state index in [1.54, 1.807) is 0 Å². The first-order valence-corrected chi connectivity index (χ1v) is 19.1. The van der Waals surface area contributed by atoms with Gasteiger partial charge in [0.15, 0.2) is 0 Å². The first-order valence-electron chi connectivity index (χ1n) is 19.1. The highest BCUT2D eigenvalue weighted by molar-refractivity contribution is 6.26. The monoisotopic (exact) mass is 715 g/mol. The Labute approximate surface area is 322 Å². The lowest BCUT2D eigenvalue weighted by molar-refractivity contribution is 1.10. The Bertz CT molecular complexity index is 3440. The van der Waals surface area contributed by atoms with Crippen molar-refractivity contribution in [3.05, 3.63) is 200 Å². The molecule has 0 saturated heterocycles. The van der Waals surface area contributed by atoms with Crippen molar-refractivity contribution in [1.29, 1.82) is 0 Å². The molecule has 12 aromatic rings. The fraction of sp³-hybridized carbons (Fsp3) is 0. The maximum atomic E-state index is 5.18. The highest BCUT2D eigenvalue weighted by Gasteiger charge is 2.23. The number of imidazole rings is 1. The van der Waals surface area contributed by atoms with Gasteiger partial charge in [-0.2, -0.15) is 0 Å². The number of benzene rings is 8. The predicted molar refractivity (Wildman–Crippen MR) is 232 cm³/mol. The largest absolute Gasteiger partial charge is 0.316 e. The van der Waals surface area contributed by atoms with Gasteiger partial charge in [-0.25, -0.2) is 4.98 Å². The summed E-state index contributed by atoms with van der Waals surface area (Å²) >= 11 is 0. The lowest BCUT2D eigenvalue weighted by Gasteiger charge is -2.14. The van der Waals surface area contributed by atoms with Gasteiger partial charge in [-0.3, -0.25) is 4.57 Å². The molecule has 0 fully saturated rings. The molecule has 56 heavy (non-hydrogen) atoms. The fourth-order valence-corrected chi connectivity index (χ4v) is 8.99. The van der Waals surface area contributed by atoms with Gasteiger partial charge in [-0.1, -0.05) is 103 Å². The zero-order chi connectivity index (χ0) is 36.7. The first kappa shape index (κ1) is 30.8. The average Bonchev–Trinajstić information content (AvgIpc) is 4.04. The van der Waals surface area contributed by atoms with Crippen LogP contribution in [0.5, 0.6) is 0 Å². The molecule has 4 heterocycles. The van der Waals surface area contributed by atoms with Crippen LogP contribution in [0.3, 0.4) is 0 Å². The lowest BCUT2D eigenvalue weighted by Crippen LogP contribution is -2.00. The molecule has 0 aliphatic carbocycles. The van der Waals surface area contributed by atoms with Gasteiger partial charge in [0.05, 0.1) is 38.6 Å². The molecule has 8 aromatic carbocycles. The molecule has 0 spiro atoms. The summed E-state index contributed by atoms with van der Waals surface area (Å²) in [5.41, 5.74) is 13.5. The normalized spacial score (nSPS) is 11.9. The van der Waals surface area contributed by atoms with Crippen LogP contribution in [-0.4, -0.2) is 23.3 Å². The fourth-order valence-electron chi connectivity index (χ4n) is 8.99. The number of hydrogen-bond donors (Lipinski definition) is 0. The SMILES string of the molecule is c1ccc(-n2ccc3c2ccc2c4ccc5c6ccccc6n(-c6ccccc6)c5c4n(-c4ccc(-c5nc6ccccc6n5-c5ccccc5)cc4)c23)cc1. The van der Waals surface area contributed by atoms with Crippen LogP contribution in [-0.2, 0) is 0 Å². The van der Waals surface area contributed by atoms with Crippen LogP contribution in [0.4, 0.5) is 0 Å². The molecular formula is C51H33N5. The van der Waals surface area contributed by atoms with Crippen molar-refractivity contribution in [2.75, 3.05) is 0 Å². The molecule has 0 bridgehead atoms. The highest BCUT2D eigenvalue weighted by Crippen LogP contribution is 2.44. The number of para-hydroxylation sites is 6. The topological polar surface area (TPSA) is 32.6 Å². The number of fused-ring (bicyclic) bond motifs is 10. The molecular weight excluding hydrogens is 683 g/mol. The minimum absolute atomic E-state index is 0.917. The number of aromatic nitrogens is 5. The van der Waals surface area contributed by atoms with Crippen LogP contribution in [0.25, 0.3) is 99.7 Å². The standard InChI is InChI=1S/C51H33N5/c1-4-14-35(15-5-1)53-33-32-43-45(53)31-30-41-42-29-28-40-39-20-10-12-22-46(39)54(36-16-6-2-7-17-36)49(40)50(42)56(48(41)43)38-26-24-34(25-27-38)51-52-44-21-11-13-23-47(44)55(51)37-18-8-3-9-19-37/h1-33H. The zero-order valence-corrected chi connectivity index (χ0v) is 30.3. The molecule has 5 heteroatoms. The van der Waals surface area contributed by atoms with Gasteiger partial charge in [-0.15, -0.1) is 0 Å². The highest BCUT2D eigenvalue weighted by atomic mass is 15.1. The Hall–Kier alpha value is -7.63. The molecule has 4 aromatic heterocycles. The summed E-state index contributed by atoms with van der Waals surface area (Å²) in [5, 5.41) is 6.11. The predicted octanol–water partition coefficient (Wildman–Crippen LogP) is 12.8. The minimum Gasteiger partial charge on any atom is -0.316 e. The summed E-state index contributed by atoms with van der Waals surface area (Å²) in [6, 6.07) is 69.6. The third-order valence-corrected chi connectivity index (χ3v) is 11.4.